The Morgan fingerprint density at radius 2 is 0.750 bits per heavy atom. The molecule has 2 heterocycles. The van der Waals surface area contributed by atoms with E-state index in [9.17, 15) is 4.79 Å². The minimum absolute atomic E-state index is 0.0222. The summed E-state index contributed by atoms with van der Waals surface area (Å²) in [6, 6.07) is 63.2. The number of hydrogen-bond donors (Lipinski definition) is 0. The summed E-state index contributed by atoms with van der Waals surface area (Å²) in [6.45, 7) is 0. The lowest BCUT2D eigenvalue weighted by Gasteiger charge is -2.10. The summed E-state index contributed by atoms with van der Waals surface area (Å²) >= 11 is 1.87. The van der Waals surface area contributed by atoms with Crippen LogP contribution in [0.25, 0.3) is 97.7 Å². The van der Waals surface area contributed by atoms with Gasteiger partial charge in [-0.3, -0.25) is 4.79 Å². The summed E-state index contributed by atoms with van der Waals surface area (Å²) in [5.74, 6) is 0. The molecule has 0 spiro atoms. The van der Waals surface area contributed by atoms with Crippen LogP contribution in [0.2, 0.25) is 0 Å². The van der Waals surface area contributed by atoms with E-state index in [1.54, 1.807) is 0 Å². The maximum absolute atomic E-state index is 13.9. The zero-order valence-corrected chi connectivity index (χ0v) is 28.9. The lowest BCUT2D eigenvalue weighted by molar-refractivity contribution is 0.660. The third-order valence-electron chi connectivity index (χ3n) is 10.1. The number of benzene rings is 8. The van der Waals surface area contributed by atoms with Gasteiger partial charge in [0.2, 0.25) is 5.43 Å². The molecule has 0 N–H and O–H groups in total. The quantitative estimate of drug-likeness (QED) is 0.169. The van der Waals surface area contributed by atoms with Crippen molar-refractivity contribution in [1.29, 1.82) is 0 Å². The molecule has 52 heavy (non-hydrogen) atoms. The van der Waals surface area contributed by atoms with Gasteiger partial charge in [-0.25, -0.2) is 0 Å². The molecular weight excluding hydrogens is 653 g/mol. The van der Waals surface area contributed by atoms with Crippen LogP contribution >= 0.6 is 11.3 Å². The van der Waals surface area contributed by atoms with Gasteiger partial charge in [0.25, 0.3) is 0 Å². The molecule has 8 aromatic carbocycles. The van der Waals surface area contributed by atoms with Crippen LogP contribution in [0, 0.1) is 0 Å². The Kier molecular flexibility index (Phi) is 7.19. The summed E-state index contributed by atoms with van der Waals surface area (Å²) in [6.07, 6.45) is 0. The number of thiophene rings is 1. The molecule has 10 rings (SSSR count). The summed E-state index contributed by atoms with van der Waals surface area (Å²) in [5, 5.41) is 3.74. The van der Waals surface area contributed by atoms with E-state index in [0.29, 0.717) is 21.9 Å². The van der Waals surface area contributed by atoms with Crippen molar-refractivity contribution in [3.05, 3.63) is 192 Å². The summed E-state index contributed by atoms with van der Waals surface area (Å²) in [7, 11) is 0. The molecule has 0 saturated carbocycles. The molecule has 2 aromatic heterocycles. The molecule has 0 fully saturated rings. The van der Waals surface area contributed by atoms with Crippen molar-refractivity contribution in [3.63, 3.8) is 0 Å². The molecular formula is C49H30O2S. The van der Waals surface area contributed by atoms with E-state index in [-0.39, 0.29) is 5.43 Å². The van der Waals surface area contributed by atoms with Gasteiger partial charge in [-0.05, 0) is 92.0 Å². The second-order valence-corrected chi connectivity index (χ2v) is 14.2. The van der Waals surface area contributed by atoms with Crippen LogP contribution in [0.15, 0.2) is 191 Å². The highest BCUT2D eigenvalue weighted by atomic mass is 32.1. The van der Waals surface area contributed by atoms with Gasteiger partial charge in [-0.1, -0.05) is 146 Å². The maximum Gasteiger partial charge on any atom is 0.200 e. The molecule has 0 atom stereocenters. The van der Waals surface area contributed by atoms with Crippen LogP contribution in [0.4, 0.5) is 0 Å². The first kappa shape index (κ1) is 30.3. The number of hydrogen-bond acceptors (Lipinski definition) is 3. The Bertz CT molecular complexity index is 3030. The fourth-order valence-electron chi connectivity index (χ4n) is 7.48. The summed E-state index contributed by atoms with van der Waals surface area (Å²) < 4.78 is 8.85. The zero-order chi connectivity index (χ0) is 34.6. The smallest absolute Gasteiger partial charge is 0.200 e. The van der Waals surface area contributed by atoms with Gasteiger partial charge in [0.1, 0.15) is 11.2 Å². The van der Waals surface area contributed by atoms with Crippen LogP contribution in [-0.4, -0.2) is 0 Å². The van der Waals surface area contributed by atoms with Gasteiger partial charge in [0.15, 0.2) is 0 Å². The molecule has 0 aliphatic carbocycles. The Hall–Kier alpha value is -6.55. The van der Waals surface area contributed by atoms with Crippen molar-refractivity contribution in [2.24, 2.45) is 0 Å². The fourth-order valence-corrected chi connectivity index (χ4v) is 8.86. The lowest BCUT2D eigenvalue weighted by atomic mass is 9.95. The minimum Gasteiger partial charge on any atom is -0.456 e. The van der Waals surface area contributed by atoms with Crippen molar-refractivity contribution >= 4 is 53.4 Å². The predicted octanol–water partition coefficient (Wildman–Crippen LogP) is 13.6. The van der Waals surface area contributed by atoms with E-state index < -0.39 is 0 Å². The molecule has 3 heteroatoms. The first-order valence-corrected chi connectivity index (χ1v) is 18.3. The van der Waals surface area contributed by atoms with Crippen LogP contribution in [0.1, 0.15) is 0 Å². The first-order valence-electron chi connectivity index (χ1n) is 17.4. The maximum atomic E-state index is 13.9. The molecule has 10 aromatic rings. The molecule has 0 aliphatic heterocycles. The van der Waals surface area contributed by atoms with E-state index >= 15 is 0 Å². The number of fused-ring (bicyclic) bond motifs is 5. The van der Waals surface area contributed by atoms with Crippen molar-refractivity contribution in [3.8, 4) is 55.6 Å². The second-order valence-electron chi connectivity index (χ2n) is 13.2. The zero-order valence-electron chi connectivity index (χ0n) is 28.0. The van der Waals surface area contributed by atoms with Gasteiger partial charge in [0.05, 0.1) is 10.8 Å². The van der Waals surface area contributed by atoms with E-state index in [1.165, 1.54) is 42.4 Å². The van der Waals surface area contributed by atoms with Gasteiger partial charge in [0, 0.05) is 20.2 Å². The average molecular weight is 683 g/mol. The highest BCUT2D eigenvalue weighted by Crippen LogP contribution is 2.44. The van der Waals surface area contributed by atoms with Crippen LogP contribution in [0.3, 0.4) is 0 Å². The van der Waals surface area contributed by atoms with E-state index in [2.05, 4.69) is 127 Å². The third-order valence-corrected chi connectivity index (χ3v) is 11.4. The summed E-state index contributed by atoms with van der Waals surface area (Å²) in [5.41, 5.74) is 12.4. The Morgan fingerprint density at radius 3 is 1.33 bits per heavy atom. The molecule has 244 valence electrons. The second kappa shape index (κ2) is 12.3. The molecule has 0 amide bonds. The Morgan fingerprint density at radius 1 is 0.327 bits per heavy atom. The van der Waals surface area contributed by atoms with Crippen LogP contribution in [-0.2, 0) is 0 Å². The molecule has 0 bridgehead atoms. The lowest BCUT2D eigenvalue weighted by Crippen LogP contribution is -2.02. The van der Waals surface area contributed by atoms with E-state index in [0.717, 1.165) is 33.4 Å². The Balaban J connectivity index is 1.04. The standard InChI is InChI=1S/C49H30O2S/c50-47-43-29-36(31-11-3-1-4-12-31)23-25-45(43)51-46-26-24-37(30-44(46)47)34-16-7-15-33(27-34)35-17-8-18-38(28-35)40-20-10-22-42-41-21-9-19-39(48(41)52-49(40)42)32-13-5-2-6-14-32/h1-30H. The SMILES string of the molecule is O=c1c2cc(-c3ccccc3)ccc2oc2ccc(-c3cccc(-c4cccc(-c5cccc6c5sc5c(-c7ccccc7)cccc56)c4)c3)cc12. The van der Waals surface area contributed by atoms with Crippen molar-refractivity contribution < 1.29 is 4.42 Å². The monoisotopic (exact) mass is 682 g/mol. The summed E-state index contributed by atoms with van der Waals surface area (Å²) in [4.78, 5) is 13.9. The van der Waals surface area contributed by atoms with Crippen molar-refractivity contribution in [1.82, 2.24) is 0 Å². The average Bonchev–Trinajstić information content (AvgIpc) is 3.61. The van der Waals surface area contributed by atoms with Crippen molar-refractivity contribution in [2.45, 2.75) is 0 Å². The normalized spacial score (nSPS) is 11.5. The van der Waals surface area contributed by atoms with Gasteiger partial charge >= 0.3 is 0 Å². The first-order chi connectivity index (χ1) is 25.7. The number of rotatable bonds is 5. The highest BCUT2D eigenvalue weighted by molar-refractivity contribution is 7.26. The Labute approximate surface area is 304 Å². The molecule has 2 nitrogen and oxygen atoms in total. The van der Waals surface area contributed by atoms with E-state index in [4.69, 9.17) is 4.42 Å². The molecule has 0 saturated heterocycles. The van der Waals surface area contributed by atoms with Crippen LogP contribution < -0.4 is 5.43 Å². The molecule has 0 unspecified atom stereocenters. The van der Waals surface area contributed by atoms with Gasteiger partial charge in [-0.15, -0.1) is 11.3 Å². The van der Waals surface area contributed by atoms with Gasteiger partial charge in [-0.2, -0.15) is 0 Å². The van der Waals surface area contributed by atoms with Crippen molar-refractivity contribution in [2.75, 3.05) is 0 Å². The van der Waals surface area contributed by atoms with Gasteiger partial charge < -0.3 is 4.42 Å². The fraction of sp³-hybridized carbons (Fsp3) is 0. The minimum atomic E-state index is -0.0222. The highest BCUT2D eigenvalue weighted by Gasteiger charge is 2.15. The molecule has 0 aliphatic rings. The topological polar surface area (TPSA) is 30.2 Å². The predicted molar refractivity (Wildman–Crippen MR) is 220 cm³/mol. The van der Waals surface area contributed by atoms with E-state index in [1.807, 2.05) is 65.9 Å². The van der Waals surface area contributed by atoms with Crippen LogP contribution in [0.5, 0.6) is 0 Å². The largest absolute Gasteiger partial charge is 0.456 e. The third kappa shape index (κ3) is 5.14. The molecule has 0 radical (unpaired) electrons.